The van der Waals surface area contributed by atoms with Crippen LogP contribution in [-0.2, 0) is 0 Å². The molecule has 2 rings (SSSR count). The van der Waals surface area contributed by atoms with Gasteiger partial charge in [0.2, 0.25) is 0 Å². The first-order valence-electron chi connectivity index (χ1n) is 11.2. The molecule has 0 fully saturated rings. The Morgan fingerprint density at radius 2 is 0.900 bits per heavy atom. The Kier molecular flexibility index (Phi) is 16.4. The molecule has 0 atom stereocenters. The summed E-state index contributed by atoms with van der Waals surface area (Å²) in [4.78, 5) is 0. The van der Waals surface area contributed by atoms with Crippen molar-refractivity contribution in [3.05, 3.63) is 25.4 Å². The lowest BCUT2D eigenvalue weighted by atomic mass is 10.1. The Balaban J connectivity index is 1.80. The van der Waals surface area contributed by atoms with Crippen molar-refractivity contribution >= 4 is 95.8 Å². The van der Waals surface area contributed by atoms with E-state index in [4.69, 9.17) is 0 Å². The summed E-state index contributed by atoms with van der Waals surface area (Å²) in [7, 11) is 0. The molecule has 0 aromatic heterocycles. The average Bonchev–Trinajstić information content (AvgIpc) is 3.29. The van der Waals surface area contributed by atoms with E-state index >= 15 is 0 Å². The zero-order valence-corrected chi connectivity index (χ0v) is 24.9. The van der Waals surface area contributed by atoms with Gasteiger partial charge in [0, 0.05) is 0 Å². The van der Waals surface area contributed by atoms with E-state index in [9.17, 15) is 0 Å². The number of hydrogen-bond acceptors (Lipinski definition) is 8. The predicted octanol–water partition coefficient (Wildman–Crippen LogP) is 11.4. The molecule has 172 valence electrons. The van der Waals surface area contributed by atoms with Crippen LogP contribution in [-0.4, -0.2) is 11.5 Å². The van der Waals surface area contributed by atoms with Crippen LogP contribution >= 0.6 is 95.8 Å². The summed E-state index contributed by atoms with van der Waals surface area (Å²) in [6, 6.07) is 0. The summed E-state index contributed by atoms with van der Waals surface area (Å²) < 4.78 is 7.98. The topological polar surface area (TPSA) is 0 Å². The van der Waals surface area contributed by atoms with Gasteiger partial charge in [-0.1, -0.05) is 125 Å². The minimum absolute atomic E-state index is 1.04. The highest BCUT2D eigenvalue weighted by Gasteiger charge is 2.28. The SMILES string of the molecule is CCCCCCCCSC1=C(SCCCCCCCC)SC(=C2SC(S)=C(S)S2)S1. The van der Waals surface area contributed by atoms with Gasteiger partial charge in [0.05, 0.1) is 25.4 Å². The fraction of sp³-hybridized carbons (Fsp3) is 0.727. The standard InChI is InChI=1S/C22H36S8/c1-3-5-7-9-11-13-15-25-19-20(26-16-14-12-10-8-6-4-2)30-22(29-19)21-27-17(23)18(24)28-21/h23-24H,3-16H2,1-2H3. The molecule has 0 aromatic carbocycles. The molecule has 0 nitrogen and oxygen atoms in total. The summed E-state index contributed by atoms with van der Waals surface area (Å²) in [5.41, 5.74) is 0. The van der Waals surface area contributed by atoms with E-state index in [2.05, 4.69) is 62.6 Å². The van der Waals surface area contributed by atoms with Gasteiger partial charge in [0.1, 0.15) is 0 Å². The van der Waals surface area contributed by atoms with Crippen molar-refractivity contribution in [1.29, 1.82) is 0 Å². The summed E-state index contributed by atoms with van der Waals surface area (Å²) in [5, 5.41) is 0. The van der Waals surface area contributed by atoms with E-state index in [1.54, 1.807) is 32.0 Å². The molecule has 0 saturated carbocycles. The van der Waals surface area contributed by atoms with E-state index < -0.39 is 0 Å². The van der Waals surface area contributed by atoms with Crippen molar-refractivity contribution in [3.63, 3.8) is 0 Å². The molecule has 0 aromatic rings. The van der Waals surface area contributed by atoms with Crippen molar-refractivity contribution in [3.8, 4) is 0 Å². The van der Waals surface area contributed by atoms with Crippen molar-refractivity contribution in [2.24, 2.45) is 0 Å². The monoisotopic (exact) mass is 556 g/mol. The highest BCUT2D eigenvalue weighted by Crippen LogP contribution is 2.64. The molecule has 0 saturated heterocycles. The molecule has 30 heavy (non-hydrogen) atoms. The minimum Gasteiger partial charge on any atom is -0.135 e. The van der Waals surface area contributed by atoms with Crippen LogP contribution < -0.4 is 0 Å². The molecule has 0 radical (unpaired) electrons. The number of hydrogen-bond donors (Lipinski definition) is 2. The molecule has 8 heteroatoms. The molecule has 0 spiro atoms. The van der Waals surface area contributed by atoms with Crippen molar-refractivity contribution in [2.45, 2.75) is 90.9 Å². The Morgan fingerprint density at radius 3 is 1.33 bits per heavy atom. The van der Waals surface area contributed by atoms with Crippen molar-refractivity contribution in [1.82, 2.24) is 0 Å². The Morgan fingerprint density at radius 1 is 0.533 bits per heavy atom. The van der Waals surface area contributed by atoms with Gasteiger partial charge in [0.15, 0.2) is 0 Å². The summed E-state index contributed by atoms with van der Waals surface area (Å²) in [6.07, 6.45) is 16.5. The van der Waals surface area contributed by atoms with Gasteiger partial charge < -0.3 is 0 Å². The van der Waals surface area contributed by atoms with Gasteiger partial charge in [-0.2, -0.15) is 0 Å². The summed E-state index contributed by atoms with van der Waals surface area (Å²) in [5.74, 6) is 2.51. The first-order valence-corrected chi connectivity index (χ1v) is 17.4. The minimum atomic E-state index is 1.04. The number of thioether (sulfide) groups is 6. The Labute approximate surface area is 221 Å². The second-order valence-electron chi connectivity index (χ2n) is 7.40. The van der Waals surface area contributed by atoms with Crippen LogP contribution in [0.5, 0.6) is 0 Å². The predicted molar refractivity (Wildman–Crippen MR) is 161 cm³/mol. The average molecular weight is 557 g/mol. The van der Waals surface area contributed by atoms with Gasteiger partial charge in [-0.25, -0.2) is 0 Å². The molecule has 0 unspecified atom stereocenters. The zero-order valence-electron chi connectivity index (χ0n) is 18.2. The molecule has 0 N–H and O–H groups in total. The second-order valence-corrected chi connectivity index (χ2v) is 16.2. The lowest BCUT2D eigenvalue weighted by Gasteiger charge is -2.05. The van der Waals surface area contributed by atoms with Crippen molar-refractivity contribution in [2.75, 3.05) is 11.5 Å². The maximum atomic E-state index is 4.56. The molecule has 0 bridgehead atoms. The molecule has 0 amide bonds. The van der Waals surface area contributed by atoms with Crippen LogP contribution in [0.25, 0.3) is 0 Å². The fourth-order valence-electron chi connectivity index (χ4n) is 2.99. The number of thiol groups is 2. The van der Waals surface area contributed by atoms with Crippen LogP contribution in [0.2, 0.25) is 0 Å². The summed E-state index contributed by atoms with van der Waals surface area (Å²) in [6.45, 7) is 4.58. The van der Waals surface area contributed by atoms with Crippen LogP contribution in [0, 0.1) is 0 Å². The molecule has 2 heterocycles. The first kappa shape index (κ1) is 28.3. The normalized spacial score (nSPS) is 17.2. The first-order chi connectivity index (χ1) is 14.7. The molecule has 0 aliphatic carbocycles. The smallest absolute Gasteiger partial charge is 0.0717 e. The molecule has 2 aliphatic heterocycles. The largest absolute Gasteiger partial charge is 0.135 e. The molecule has 2 aliphatic rings. The molecular formula is C22H36S8. The highest BCUT2D eigenvalue weighted by molar-refractivity contribution is 8.43. The number of rotatable bonds is 16. The third-order valence-corrected chi connectivity index (χ3v) is 14.6. The fourth-order valence-corrected chi connectivity index (χ4v) is 12.4. The van der Waals surface area contributed by atoms with Crippen LogP contribution in [0.4, 0.5) is 0 Å². The summed E-state index contributed by atoms with van der Waals surface area (Å²) >= 11 is 20.8. The van der Waals surface area contributed by atoms with Crippen molar-refractivity contribution < 1.29 is 0 Å². The third kappa shape index (κ3) is 11.0. The maximum Gasteiger partial charge on any atom is 0.0717 e. The van der Waals surface area contributed by atoms with Gasteiger partial charge >= 0.3 is 0 Å². The van der Waals surface area contributed by atoms with E-state index in [0.717, 1.165) is 8.47 Å². The van der Waals surface area contributed by atoms with E-state index in [1.165, 1.54) is 97.0 Å². The number of unbranched alkanes of at least 4 members (excludes halogenated alkanes) is 10. The third-order valence-electron chi connectivity index (χ3n) is 4.73. The maximum absolute atomic E-state index is 4.56. The van der Waals surface area contributed by atoms with Gasteiger partial charge in [0.25, 0.3) is 0 Å². The van der Waals surface area contributed by atoms with Crippen LogP contribution in [0.15, 0.2) is 25.4 Å². The Bertz CT molecular complexity index is 560. The van der Waals surface area contributed by atoms with E-state index in [1.807, 2.05) is 23.5 Å². The quantitative estimate of drug-likeness (QED) is 0.142. The van der Waals surface area contributed by atoms with Gasteiger partial charge in [-0.3, -0.25) is 0 Å². The second kappa shape index (κ2) is 17.5. The van der Waals surface area contributed by atoms with E-state index in [0.29, 0.717) is 0 Å². The lowest BCUT2D eigenvalue weighted by Crippen LogP contribution is -1.84. The Hall–Kier alpha value is 2.02. The van der Waals surface area contributed by atoms with Gasteiger partial charge in [-0.05, 0) is 24.3 Å². The van der Waals surface area contributed by atoms with E-state index in [-0.39, 0.29) is 0 Å². The van der Waals surface area contributed by atoms with Crippen LogP contribution in [0.3, 0.4) is 0 Å². The highest BCUT2D eigenvalue weighted by atomic mass is 32.3. The van der Waals surface area contributed by atoms with Gasteiger partial charge in [-0.15, -0.1) is 48.8 Å². The lowest BCUT2D eigenvalue weighted by molar-refractivity contribution is 0.627. The van der Waals surface area contributed by atoms with Crippen LogP contribution in [0.1, 0.15) is 90.9 Å². The zero-order chi connectivity index (χ0) is 21.6. The molecular weight excluding hydrogens is 521 g/mol.